The van der Waals surface area contributed by atoms with Crippen LogP contribution >= 0.6 is 11.8 Å². The molecule has 0 saturated carbocycles. The van der Waals surface area contributed by atoms with Crippen molar-refractivity contribution in [2.24, 2.45) is 11.8 Å². The van der Waals surface area contributed by atoms with Crippen LogP contribution < -0.4 is 0 Å². The average molecular weight is 369 g/mol. The number of allylic oxidation sites excluding steroid dienone is 2. The lowest BCUT2D eigenvalue weighted by molar-refractivity contribution is -0.137. The number of carbonyl (C=O) groups is 1. The van der Waals surface area contributed by atoms with Gasteiger partial charge in [0.1, 0.15) is 0 Å². The van der Waals surface area contributed by atoms with E-state index in [4.69, 9.17) is 9.84 Å². The molecule has 2 rings (SSSR count). The van der Waals surface area contributed by atoms with Gasteiger partial charge in [0.25, 0.3) is 0 Å². The van der Waals surface area contributed by atoms with Crippen LogP contribution in [0.25, 0.3) is 0 Å². The van der Waals surface area contributed by atoms with Gasteiger partial charge in [-0.2, -0.15) is 11.8 Å². The standard InChI is InChI=1S/C21H36O3S/c1-2-3-4-9-15-24-16-14-18-17(19-12-13-20(18)25-19)10-7-5-6-8-11-21(22)23/h5,7,17-20H,2-4,6,8-16H2,1H3,(H,22,23)/t17-,18+,19-,20+/m1/s1. The molecule has 144 valence electrons. The van der Waals surface area contributed by atoms with Gasteiger partial charge >= 0.3 is 5.97 Å². The molecule has 2 fully saturated rings. The van der Waals surface area contributed by atoms with Gasteiger partial charge in [-0.25, -0.2) is 0 Å². The van der Waals surface area contributed by atoms with Gasteiger partial charge in [0.15, 0.2) is 0 Å². The van der Waals surface area contributed by atoms with Crippen LogP contribution in [-0.2, 0) is 9.53 Å². The maximum absolute atomic E-state index is 10.5. The molecule has 2 bridgehead atoms. The van der Waals surface area contributed by atoms with E-state index in [0.717, 1.165) is 48.4 Å². The molecule has 1 N–H and O–H groups in total. The summed E-state index contributed by atoms with van der Waals surface area (Å²) in [5.41, 5.74) is 0. The zero-order valence-corrected chi connectivity index (χ0v) is 16.6. The Labute approximate surface area is 158 Å². The quantitative estimate of drug-likeness (QED) is 0.316. The number of carboxylic acid groups (broad SMARTS) is 1. The van der Waals surface area contributed by atoms with Gasteiger partial charge in [0, 0.05) is 30.1 Å². The van der Waals surface area contributed by atoms with Crippen molar-refractivity contribution in [1.29, 1.82) is 0 Å². The first-order chi connectivity index (χ1) is 12.2. The molecule has 3 nitrogen and oxygen atoms in total. The van der Waals surface area contributed by atoms with Gasteiger partial charge in [-0.3, -0.25) is 4.79 Å². The Morgan fingerprint density at radius 1 is 1.08 bits per heavy atom. The molecule has 4 atom stereocenters. The summed E-state index contributed by atoms with van der Waals surface area (Å²) in [5, 5.41) is 10.4. The number of carboxylic acids is 1. The van der Waals surface area contributed by atoms with Crippen molar-refractivity contribution in [2.75, 3.05) is 13.2 Å². The van der Waals surface area contributed by atoms with Crippen molar-refractivity contribution in [2.45, 2.75) is 88.1 Å². The predicted molar refractivity (Wildman–Crippen MR) is 106 cm³/mol. The summed E-state index contributed by atoms with van der Waals surface area (Å²) in [6, 6.07) is 0. The van der Waals surface area contributed by atoms with Crippen molar-refractivity contribution in [1.82, 2.24) is 0 Å². The van der Waals surface area contributed by atoms with Gasteiger partial charge in [0.2, 0.25) is 0 Å². The van der Waals surface area contributed by atoms with Crippen LogP contribution in [0.3, 0.4) is 0 Å². The molecule has 25 heavy (non-hydrogen) atoms. The third kappa shape index (κ3) is 7.34. The molecule has 2 aliphatic rings. The molecule has 0 aromatic carbocycles. The average Bonchev–Trinajstić information content (AvgIpc) is 3.19. The summed E-state index contributed by atoms with van der Waals surface area (Å²) in [6.07, 6.45) is 16.7. The van der Waals surface area contributed by atoms with E-state index >= 15 is 0 Å². The highest BCUT2D eigenvalue weighted by atomic mass is 32.2. The second-order valence-corrected chi connectivity index (χ2v) is 9.06. The molecule has 0 spiro atoms. The second-order valence-electron chi connectivity index (χ2n) is 7.57. The summed E-state index contributed by atoms with van der Waals surface area (Å²) in [6.45, 7) is 4.11. The largest absolute Gasteiger partial charge is 0.481 e. The fraction of sp³-hybridized carbons (Fsp3) is 0.857. The van der Waals surface area contributed by atoms with E-state index in [1.165, 1.54) is 51.4 Å². The topological polar surface area (TPSA) is 46.5 Å². The molecule has 0 unspecified atom stereocenters. The first-order valence-corrected chi connectivity index (χ1v) is 11.3. The molecule has 2 heterocycles. The highest BCUT2D eigenvalue weighted by Crippen LogP contribution is 2.55. The molecule has 2 aliphatic heterocycles. The first kappa shape index (κ1) is 20.8. The Morgan fingerprint density at radius 2 is 1.88 bits per heavy atom. The normalized spacial score (nSPS) is 28.2. The Bertz CT molecular complexity index is 410. The minimum absolute atomic E-state index is 0.284. The molecule has 0 aromatic rings. The van der Waals surface area contributed by atoms with Gasteiger partial charge in [0.05, 0.1) is 0 Å². The minimum Gasteiger partial charge on any atom is -0.481 e. The molecule has 4 heteroatoms. The lowest BCUT2D eigenvalue weighted by Gasteiger charge is -2.29. The van der Waals surface area contributed by atoms with Crippen LogP contribution in [0, 0.1) is 11.8 Å². The van der Waals surface area contributed by atoms with Crippen LogP contribution in [0.5, 0.6) is 0 Å². The number of aliphatic carboxylic acids is 1. The summed E-state index contributed by atoms with van der Waals surface area (Å²) in [4.78, 5) is 10.5. The van der Waals surface area contributed by atoms with Gasteiger partial charge in [-0.1, -0.05) is 38.3 Å². The first-order valence-electron chi connectivity index (χ1n) is 10.3. The third-order valence-electron chi connectivity index (χ3n) is 5.66. The highest BCUT2D eigenvalue weighted by Gasteiger charge is 2.46. The van der Waals surface area contributed by atoms with Crippen molar-refractivity contribution in [3.8, 4) is 0 Å². The smallest absolute Gasteiger partial charge is 0.303 e. The number of fused-ring (bicyclic) bond motifs is 2. The maximum Gasteiger partial charge on any atom is 0.303 e. The minimum atomic E-state index is -0.687. The zero-order chi connectivity index (χ0) is 17.9. The number of rotatable bonds is 14. The molecular weight excluding hydrogens is 332 g/mol. The molecule has 0 aliphatic carbocycles. The van der Waals surface area contributed by atoms with Crippen molar-refractivity contribution in [3.63, 3.8) is 0 Å². The molecule has 0 radical (unpaired) electrons. The van der Waals surface area contributed by atoms with Gasteiger partial charge in [-0.05, 0) is 56.8 Å². The van der Waals surface area contributed by atoms with Crippen LogP contribution in [0.1, 0.15) is 77.6 Å². The van der Waals surface area contributed by atoms with Crippen LogP contribution in [0.4, 0.5) is 0 Å². The molecular formula is C21H36O3S. The number of unbranched alkanes of at least 4 members (excludes halogenated alkanes) is 4. The SMILES string of the molecule is CCCCCCOCC[C@H]1[C@@H](CC=CCCCC(=O)O)[C@H]2CC[C@@H]1S2. The molecule has 2 saturated heterocycles. The van der Waals surface area contributed by atoms with Crippen LogP contribution in [0.15, 0.2) is 12.2 Å². The lowest BCUT2D eigenvalue weighted by atomic mass is 9.76. The van der Waals surface area contributed by atoms with Crippen molar-refractivity contribution in [3.05, 3.63) is 12.2 Å². The van der Waals surface area contributed by atoms with E-state index in [9.17, 15) is 4.79 Å². The number of ether oxygens (including phenoxy) is 1. The van der Waals surface area contributed by atoms with E-state index in [1.807, 2.05) is 0 Å². The van der Waals surface area contributed by atoms with Crippen molar-refractivity contribution >= 4 is 17.7 Å². The molecule has 0 aromatic heterocycles. The lowest BCUT2D eigenvalue weighted by Crippen LogP contribution is -2.28. The zero-order valence-electron chi connectivity index (χ0n) is 15.8. The second kappa shape index (κ2) is 12.0. The van der Waals surface area contributed by atoms with E-state index in [2.05, 4.69) is 30.8 Å². The number of thioether (sulfide) groups is 1. The van der Waals surface area contributed by atoms with Gasteiger partial charge in [-0.15, -0.1) is 0 Å². The highest BCUT2D eigenvalue weighted by molar-refractivity contribution is 8.01. The van der Waals surface area contributed by atoms with E-state index < -0.39 is 5.97 Å². The van der Waals surface area contributed by atoms with E-state index in [1.54, 1.807) is 0 Å². The van der Waals surface area contributed by atoms with Gasteiger partial charge < -0.3 is 9.84 Å². The monoisotopic (exact) mass is 368 g/mol. The fourth-order valence-electron chi connectivity index (χ4n) is 4.29. The Balaban J connectivity index is 1.63. The Hall–Kier alpha value is -0.480. The summed E-state index contributed by atoms with van der Waals surface area (Å²) in [7, 11) is 0. The van der Waals surface area contributed by atoms with Crippen LogP contribution in [0.2, 0.25) is 0 Å². The van der Waals surface area contributed by atoms with Crippen LogP contribution in [-0.4, -0.2) is 34.8 Å². The molecule has 0 amide bonds. The number of hydrogen-bond donors (Lipinski definition) is 1. The summed E-state index contributed by atoms with van der Waals surface area (Å²) >= 11 is 2.23. The summed E-state index contributed by atoms with van der Waals surface area (Å²) < 4.78 is 5.90. The van der Waals surface area contributed by atoms with E-state index in [-0.39, 0.29) is 6.42 Å². The Kier molecular flexibility index (Phi) is 10.0. The maximum atomic E-state index is 10.5. The Morgan fingerprint density at radius 3 is 2.64 bits per heavy atom. The summed E-state index contributed by atoms with van der Waals surface area (Å²) in [5.74, 6) is 0.943. The predicted octanol–water partition coefficient (Wildman–Crippen LogP) is 5.68. The third-order valence-corrected chi connectivity index (χ3v) is 7.53. The van der Waals surface area contributed by atoms with E-state index in [0.29, 0.717) is 0 Å². The fourth-order valence-corrected chi connectivity index (χ4v) is 6.34. The van der Waals surface area contributed by atoms with Crippen molar-refractivity contribution < 1.29 is 14.6 Å². The number of hydrogen-bond acceptors (Lipinski definition) is 3.